The number of fused-ring (bicyclic) bond motifs is 1. The van der Waals surface area contributed by atoms with Crippen LogP contribution in [0.1, 0.15) is 22.1 Å². The molecule has 148 valence electrons. The smallest absolute Gasteiger partial charge is 0.254 e. The number of piperazine rings is 1. The molecule has 0 unspecified atom stereocenters. The Kier molecular flexibility index (Phi) is 5.26. The molecule has 10 heteroatoms. The Morgan fingerprint density at radius 3 is 2.57 bits per heavy atom. The molecule has 0 saturated carbocycles. The van der Waals surface area contributed by atoms with E-state index in [-0.39, 0.29) is 5.91 Å². The van der Waals surface area contributed by atoms with Gasteiger partial charge in [0.15, 0.2) is 0 Å². The molecule has 4 rings (SSSR count). The van der Waals surface area contributed by atoms with Gasteiger partial charge in [-0.15, -0.1) is 16.4 Å². The van der Waals surface area contributed by atoms with Crippen LogP contribution in [0.3, 0.4) is 0 Å². The van der Waals surface area contributed by atoms with E-state index < -0.39 is 0 Å². The summed E-state index contributed by atoms with van der Waals surface area (Å²) in [7, 11) is 0. The zero-order chi connectivity index (χ0) is 19.8. The largest absolute Gasteiger partial charge is 0.340 e. The lowest BCUT2D eigenvalue weighted by Crippen LogP contribution is -2.49. The number of thiazole rings is 1. The zero-order valence-corrected chi connectivity index (χ0v) is 17.9. The van der Waals surface area contributed by atoms with E-state index in [2.05, 4.69) is 20.0 Å². The molecular formula is C18H23N7OS2. The van der Waals surface area contributed by atoms with Crippen LogP contribution >= 0.6 is 23.6 Å². The van der Waals surface area contributed by atoms with Crippen molar-refractivity contribution >= 4 is 35.2 Å². The highest BCUT2D eigenvalue weighted by Gasteiger charge is 2.22. The molecule has 1 fully saturated rings. The fourth-order valence-electron chi connectivity index (χ4n) is 3.48. The predicted molar refractivity (Wildman–Crippen MR) is 110 cm³/mol. The molecule has 0 radical (unpaired) electrons. The summed E-state index contributed by atoms with van der Waals surface area (Å²) in [6.07, 6.45) is 0.389. The molecule has 1 saturated heterocycles. The van der Waals surface area contributed by atoms with Crippen LogP contribution in [0.15, 0.2) is 11.4 Å². The maximum atomic E-state index is 12.5. The molecule has 1 amide bonds. The van der Waals surface area contributed by atoms with Crippen LogP contribution in [0.25, 0.3) is 5.78 Å². The molecule has 4 heterocycles. The quantitative estimate of drug-likeness (QED) is 0.605. The standard InChI is InChI=1S/C18H23N7OS2/c1-12-8-14(3)25-17(20-12)21-24(18(25)27)11-22-4-6-23(7-5-22)16(26)9-15-19-13(2)10-28-15/h8,10H,4-7,9,11H2,1-3H3. The highest BCUT2D eigenvalue weighted by Crippen LogP contribution is 2.13. The first-order valence-electron chi connectivity index (χ1n) is 9.25. The highest BCUT2D eigenvalue weighted by molar-refractivity contribution is 7.71. The van der Waals surface area contributed by atoms with Gasteiger partial charge in [0, 0.05) is 48.6 Å². The van der Waals surface area contributed by atoms with Crippen LogP contribution in [-0.2, 0) is 17.9 Å². The van der Waals surface area contributed by atoms with E-state index >= 15 is 0 Å². The van der Waals surface area contributed by atoms with Gasteiger partial charge in [-0.05, 0) is 39.1 Å². The summed E-state index contributed by atoms with van der Waals surface area (Å²) in [5.74, 6) is 0.781. The van der Waals surface area contributed by atoms with Gasteiger partial charge in [0.1, 0.15) is 5.01 Å². The van der Waals surface area contributed by atoms with E-state index in [1.807, 2.05) is 46.2 Å². The van der Waals surface area contributed by atoms with Crippen LogP contribution in [-0.4, -0.2) is 66.0 Å². The number of amides is 1. The van der Waals surface area contributed by atoms with Crippen LogP contribution in [0.5, 0.6) is 0 Å². The van der Waals surface area contributed by atoms with Gasteiger partial charge in [-0.2, -0.15) is 0 Å². The normalized spacial score (nSPS) is 15.5. The summed E-state index contributed by atoms with van der Waals surface area (Å²) in [5, 5.41) is 7.45. The van der Waals surface area contributed by atoms with E-state index in [0.29, 0.717) is 36.7 Å². The van der Waals surface area contributed by atoms with E-state index in [4.69, 9.17) is 12.2 Å². The predicted octanol–water partition coefficient (Wildman–Crippen LogP) is 1.99. The van der Waals surface area contributed by atoms with Crippen molar-refractivity contribution in [3.05, 3.63) is 38.3 Å². The van der Waals surface area contributed by atoms with Crippen molar-refractivity contribution < 1.29 is 4.79 Å². The topological polar surface area (TPSA) is 71.6 Å². The molecule has 0 bridgehead atoms. The monoisotopic (exact) mass is 417 g/mol. The number of aryl methyl sites for hydroxylation is 3. The Morgan fingerprint density at radius 1 is 1.14 bits per heavy atom. The fraction of sp³-hybridized carbons (Fsp3) is 0.500. The summed E-state index contributed by atoms with van der Waals surface area (Å²) in [6.45, 7) is 9.53. The van der Waals surface area contributed by atoms with Crippen molar-refractivity contribution in [1.82, 2.24) is 33.9 Å². The van der Waals surface area contributed by atoms with Crippen LogP contribution in [0, 0.1) is 25.5 Å². The van der Waals surface area contributed by atoms with E-state index in [0.717, 1.165) is 35.2 Å². The summed E-state index contributed by atoms with van der Waals surface area (Å²) >= 11 is 7.14. The Hall–Kier alpha value is -2.17. The number of aromatic nitrogens is 5. The van der Waals surface area contributed by atoms with Crippen molar-refractivity contribution in [3.63, 3.8) is 0 Å². The molecular weight excluding hydrogens is 394 g/mol. The molecule has 3 aromatic rings. The maximum absolute atomic E-state index is 12.5. The molecule has 0 spiro atoms. The Balaban J connectivity index is 1.39. The fourth-order valence-corrected chi connectivity index (χ4v) is 4.57. The Labute approximate surface area is 172 Å². The second kappa shape index (κ2) is 7.69. The van der Waals surface area contributed by atoms with Crippen molar-refractivity contribution in [2.75, 3.05) is 26.2 Å². The summed E-state index contributed by atoms with van der Waals surface area (Å²) in [5.41, 5.74) is 2.94. The van der Waals surface area contributed by atoms with E-state index in [9.17, 15) is 4.79 Å². The minimum absolute atomic E-state index is 0.147. The minimum atomic E-state index is 0.147. The lowest BCUT2D eigenvalue weighted by Gasteiger charge is -2.34. The van der Waals surface area contributed by atoms with Crippen LogP contribution in [0.2, 0.25) is 0 Å². The van der Waals surface area contributed by atoms with Gasteiger partial charge in [-0.3, -0.25) is 14.1 Å². The molecule has 0 N–H and O–H groups in total. The zero-order valence-electron chi connectivity index (χ0n) is 16.3. The summed E-state index contributed by atoms with van der Waals surface area (Å²) in [6, 6.07) is 2.00. The minimum Gasteiger partial charge on any atom is -0.340 e. The van der Waals surface area contributed by atoms with Crippen molar-refractivity contribution in [3.8, 4) is 0 Å². The number of hydrogen-bond acceptors (Lipinski definition) is 7. The van der Waals surface area contributed by atoms with Gasteiger partial charge in [0.05, 0.1) is 13.1 Å². The first kappa shape index (κ1) is 19.2. The van der Waals surface area contributed by atoms with Gasteiger partial charge in [0.25, 0.3) is 5.78 Å². The van der Waals surface area contributed by atoms with Gasteiger partial charge >= 0.3 is 0 Å². The molecule has 0 aliphatic carbocycles. The second-order valence-electron chi connectivity index (χ2n) is 7.16. The third-order valence-corrected chi connectivity index (χ3v) is 6.26. The average molecular weight is 418 g/mol. The maximum Gasteiger partial charge on any atom is 0.254 e. The Morgan fingerprint density at radius 2 is 1.89 bits per heavy atom. The van der Waals surface area contributed by atoms with E-state index in [1.165, 1.54) is 0 Å². The summed E-state index contributed by atoms with van der Waals surface area (Å²) in [4.78, 5) is 25.6. The van der Waals surface area contributed by atoms with Crippen LogP contribution < -0.4 is 0 Å². The van der Waals surface area contributed by atoms with Gasteiger partial charge < -0.3 is 4.90 Å². The summed E-state index contributed by atoms with van der Waals surface area (Å²) < 4.78 is 4.37. The first-order valence-corrected chi connectivity index (χ1v) is 10.5. The van der Waals surface area contributed by atoms with Crippen molar-refractivity contribution in [1.29, 1.82) is 0 Å². The molecule has 8 nitrogen and oxygen atoms in total. The third-order valence-electron chi connectivity index (χ3n) is 4.90. The molecule has 0 aromatic carbocycles. The first-order chi connectivity index (χ1) is 13.4. The van der Waals surface area contributed by atoms with Gasteiger partial charge in [-0.25, -0.2) is 14.6 Å². The third kappa shape index (κ3) is 3.85. The number of carbonyl (C=O) groups excluding carboxylic acids is 1. The molecule has 1 aliphatic heterocycles. The Bertz CT molecular complexity index is 1080. The van der Waals surface area contributed by atoms with E-state index in [1.54, 1.807) is 11.3 Å². The van der Waals surface area contributed by atoms with Crippen molar-refractivity contribution in [2.45, 2.75) is 33.9 Å². The molecule has 0 atom stereocenters. The molecule has 1 aliphatic rings. The SMILES string of the molecule is Cc1csc(CC(=O)N2CCN(Cn3nc4nc(C)cc(C)n4c3=S)CC2)n1. The average Bonchev–Trinajstić information content (AvgIpc) is 3.18. The lowest BCUT2D eigenvalue weighted by atomic mass is 10.3. The number of rotatable bonds is 4. The highest BCUT2D eigenvalue weighted by atomic mass is 32.1. The number of carbonyl (C=O) groups is 1. The molecule has 3 aromatic heterocycles. The van der Waals surface area contributed by atoms with Crippen LogP contribution in [0.4, 0.5) is 0 Å². The van der Waals surface area contributed by atoms with Gasteiger partial charge in [0.2, 0.25) is 10.7 Å². The number of nitrogens with zero attached hydrogens (tertiary/aromatic N) is 7. The lowest BCUT2D eigenvalue weighted by molar-refractivity contribution is -0.132. The number of hydrogen-bond donors (Lipinski definition) is 0. The van der Waals surface area contributed by atoms with Crippen molar-refractivity contribution in [2.24, 2.45) is 0 Å². The van der Waals surface area contributed by atoms with Gasteiger partial charge in [-0.1, -0.05) is 0 Å². The molecule has 28 heavy (non-hydrogen) atoms. The second-order valence-corrected chi connectivity index (χ2v) is 8.46.